The molecule has 29 heavy (non-hydrogen) atoms. The van der Waals surface area contributed by atoms with Crippen LogP contribution in [0.5, 0.6) is 11.5 Å². The minimum Gasteiger partial charge on any atom is -0.497 e. The Bertz CT molecular complexity index is 865. The Morgan fingerprint density at radius 2 is 1.83 bits per heavy atom. The van der Waals surface area contributed by atoms with Crippen LogP contribution in [0.1, 0.15) is 23.0 Å². The second-order valence-electron chi connectivity index (χ2n) is 6.05. The molecule has 0 saturated carbocycles. The molecule has 156 valence electrons. The zero-order valence-corrected chi connectivity index (χ0v) is 18.3. The smallest absolute Gasteiger partial charge is 0.344 e. The molecule has 0 aliphatic rings. The van der Waals surface area contributed by atoms with E-state index in [4.69, 9.17) is 14.2 Å². The average molecular weight is 419 g/mol. The van der Waals surface area contributed by atoms with Gasteiger partial charge in [-0.25, -0.2) is 14.8 Å². The monoisotopic (exact) mass is 418 g/mol. The number of benzene rings is 1. The third-order valence-electron chi connectivity index (χ3n) is 3.72. The van der Waals surface area contributed by atoms with E-state index in [1.165, 1.54) is 11.8 Å². The van der Waals surface area contributed by atoms with Crippen LogP contribution < -0.4 is 14.8 Å². The Hall–Kier alpha value is -2.94. The molecule has 0 spiro atoms. The zero-order chi connectivity index (χ0) is 21.4. The maximum Gasteiger partial charge on any atom is 0.344 e. The van der Waals surface area contributed by atoms with Crippen LogP contribution in [-0.4, -0.2) is 62.0 Å². The van der Waals surface area contributed by atoms with Crippen LogP contribution in [-0.2, 0) is 4.74 Å². The molecule has 0 bridgehead atoms. The van der Waals surface area contributed by atoms with Crippen molar-refractivity contribution in [3.05, 3.63) is 35.7 Å². The van der Waals surface area contributed by atoms with Gasteiger partial charge in [-0.1, -0.05) is 11.8 Å². The molecule has 1 N–H and O–H groups in total. The molecule has 0 saturated heterocycles. The first kappa shape index (κ1) is 22.4. The summed E-state index contributed by atoms with van der Waals surface area (Å²) in [6.45, 7) is 2.00. The normalized spacial score (nSPS) is 10.7. The summed E-state index contributed by atoms with van der Waals surface area (Å²) < 4.78 is 15.9. The molecule has 0 atom stereocenters. The molecule has 2 aromatic rings. The van der Waals surface area contributed by atoms with Crippen molar-refractivity contribution in [2.75, 3.05) is 46.5 Å². The SMILES string of the molecule is CCOC(=O)c1c(/C=C/N(C)C)nc(SC)nc1Nc1cc(OC)cc(OC)c1. The summed E-state index contributed by atoms with van der Waals surface area (Å²) in [6.07, 6.45) is 5.44. The predicted molar refractivity (Wildman–Crippen MR) is 115 cm³/mol. The van der Waals surface area contributed by atoms with Crippen molar-refractivity contribution in [3.8, 4) is 11.5 Å². The Kier molecular flexibility index (Phi) is 8.14. The Balaban J connectivity index is 2.62. The maximum absolute atomic E-state index is 12.7. The number of ether oxygens (including phenoxy) is 3. The van der Waals surface area contributed by atoms with Crippen LogP contribution in [0.3, 0.4) is 0 Å². The fourth-order valence-corrected chi connectivity index (χ4v) is 2.77. The van der Waals surface area contributed by atoms with Crippen molar-refractivity contribution < 1.29 is 19.0 Å². The first-order valence-electron chi connectivity index (χ1n) is 8.89. The fraction of sp³-hybridized carbons (Fsp3) is 0.350. The molecule has 0 unspecified atom stereocenters. The van der Waals surface area contributed by atoms with E-state index in [2.05, 4.69) is 15.3 Å². The van der Waals surface area contributed by atoms with Gasteiger partial charge in [0, 0.05) is 44.2 Å². The highest BCUT2D eigenvalue weighted by Crippen LogP contribution is 2.30. The third kappa shape index (κ3) is 6.02. The van der Waals surface area contributed by atoms with Gasteiger partial charge in [-0.05, 0) is 19.3 Å². The molecular weight excluding hydrogens is 392 g/mol. The first-order valence-corrected chi connectivity index (χ1v) is 10.1. The van der Waals surface area contributed by atoms with Crippen LogP contribution in [0.15, 0.2) is 29.6 Å². The molecule has 0 amide bonds. The molecule has 8 nitrogen and oxygen atoms in total. The first-order chi connectivity index (χ1) is 13.9. The molecule has 2 rings (SSSR count). The van der Waals surface area contributed by atoms with Crippen LogP contribution in [0, 0.1) is 0 Å². The second-order valence-corrected chi connectivity index (χ2v) is 6.82. The number of rotatable bonds is 9. The van der Waals surface area contributed by atoms with Crippen molar-refractivity contribution in [3.63, 3.8) is 0 Å². The van der Waals surface area contributed by atoms with E-state index in [0.29, 0.717) is 33.9 Å². The zero-order valence-electron chi connectivity index (χ0n) is 17.5. The van der Waals surface area contributed by atoms with Gasteiger partial charge in [0.2, 0.25) is 0 Å². The molecule has 0 radical (unpaired) electrons. The lowest BCUT2D eigenvalue weighted by Gasteiger charge is -2.15. The van der Waals surface area contributed by atoms with Crippen LogP contribution >= 0.6 is 11.8 Å². The van der Waals surface area contributed by atoms with Gasteiger partial charge in [0.15, 0.2) is 5.16 Å². The number of aromatic nitrogens is 2. The summed E-state index contributed by atoms with van der Waals surface area (Å²) in [5.74, 6) is 1.06. The van der Waals surface area contributed by atoms with Gasteiger partial charge < -0.3 is 24.4 Å². The number of hydrogen-bond donors (Lipinski definition) is 1. The summed E-state index contributed by atoms with van der Waals surface area (Å²) >= 11 is 1.38. The Morgan fingerprint density at radius 3 is 2.34 bits per heavy atom. The largest absolute Gasteiger partial charge is 0.497 e. The van der Waals surface area contributed by atoms with Gasteiger partial charge in [0.25, 0.3) is 0 Å². The standard InChI is InChI=1S/C20H26N4O4S/c1-7-28-19(25)17-16(8-9-24(2)3)22-20(29-6)23-18(17)21-13-10-14(26-4)12-15(11-13)27-5/h8-12H,7H2,1-6H3,(H,21,22,23)/b9-8+. The van der Waals surface area contributed by atoms with E-state index in [1.54, 1.807) is 45.4 Å². The lowest BCUT2D eigenvalue weighted by molar-refractivity contribution is 0.0526. The van der Waals surface area contributed by atoms with Gasteiger partial charge in [-0.15, -0.1) is 0 Å². The third-order valence-corrected chi connectivity index (χ3v) is 4.27. The quantitative estimate of drug-likeness (QED) is 0.372. The number of carbonyl (C=O) groups excluding carboxylic acids is 1. The Morgan fingerprint density at radius 1 is 1.17 bits per heavy atom. The van der Waals surface area contributed by atoms with Crippen LogP contribution in [0.4, 0.5) is 11.5 Å². The summed E-state index contributed by atoms with van der Waals surface area (Å²) in [6, 6.07) is 5.33. The fourth-order valence-electron chi connectivity index (χ4n) is 2.40. The second kappa shape index (κ2) is 10.6. The van der Waals surface area contributed by atoms with Crippen LogP contribution in [0.2, 0.25) is 0 Å². The number of anilines is 2. The van der Waals surface area contributed by atoms with E-state index < -0.39 is 5.97 Å². The molecule has 1 heterocycles. The van der Waals surface area contributed by atoms with Gasteiger partial charge in [-0.2, -0.15) is 0 Å². The number of thioether (sulfide) groups is 1. The summed E-state index contributed by atoms with van der Waals surface area (Å²) in [5.41, 5.74) is 1.37. The topological polar surface area (TPSA) is 85.8 Å². The van der Waals surface area contributed by atoms with Crippen molar-refractivity contribution in [1.29, 1.82) is 0 Å². The maximum atomic E-state index is 12.7. The van der Waals surface area contributed by atoms with Crippen molar-refractivity contribution in [2.24, 2.45) is 0 Å². The van der Waals surface area contributed by atoms with Gasteiger partial charge in [0.1, 0.15) is 22.9 Å². The van der Waals surface area contributed by atoms with Crippen molar-refractivity contribution >= 4 is 35.3 Å². The van der Waals surface area contributed by atoms with Gasteiger partial charge in [0.05, 0.1) is 26.5 Å². The summed E-state index contributed by atoms with van der Waals surface area (Å²) in [7, 11) is 6.92. The molecular formula is C20H26N4O4S. The summed E-state index contributed by atoms with van der Waals surface area (Å²) in [5, 5.41) is 3.71. The number of carbonyl (C=O) groups is 1. The highest BCUT2D eigenvalue weighted by atomic mass is 32.2. The van der Waals surface area contributed by atoms with E-state index in [1.807, 2.05) is 31.5 Å². The number of nitrogens with zero attached hydrogens (tertiary/aromatic N) is 3. The number of hydrogen-bond acceptors (Lipinski definition) is 9. The van der Waals surface area contributed by atoms with Gasteiger partial charge in [-0.3, -0.25) is 0 Å². The lowest BCUT2D eigenvalue weighted by atomic mass is 10.2. The van der Waals surface area contributed by atoms with E-state index in [9.17, 15) is 4.79 Å². The minimum atomic E-state index is -0.504. The number of esters is 1. The molecule has 9 heteroatoms. The van der Waals surface area contributed by atoms with Gasteiger partial charge >= 0.3 is 5.97 Å². The minimum absolute atomic E-state index is 0.242. The van der Waals surface area contributed by atoms with Crippen molar-refractivity contribution in [1.82, 2.24) is 14.9 Å². The Labute approximate surface area is 175 Å². The molecule has 1 aromatic carbocycles. The van der Waals surface area contributed by atoms with E-state index in [-0.39, 0.29) is 12.2 Å². The molecule has 1 aromatic heterocycles. The molecule has 0 fully saturated rings. The predicted octanol–water partition coefficient (Wildman–Crippen LogP) is 3.67. The van der Waals surface area contributed by atoms with Crippen molar-refractivity contribution in [2.45, 2.75) is 12.1 Å². The highest BCUT2D eigenvalue weighted by molar-refractivity contribution is 7.98. The highest BCUT2D eigenvalue weighted by Gasteiger charge is 2.22. The average Bonchev–Trinajstić information content (AvgIpc) is 2.71. The summed E-state index contributed by atoms with van der Waals surface area (Å²) in [4.78, 5) is 23.6. The number of methoxy groups -OCH3 is 2. The van der Waals surface area contributed by atoms with E-state index in [0.717, 1.165) is 0 Å². The number of nitrogens with one attached hydrogen (secondary N) is 1. The van der Waals surface area contributed by atoms with Crippen LogP contribution in [0.25, 0.3) is 6.08 Å². The molecule has 0 aliphatic carbocycles. The lowest BCUT2D eigenvalue weighted by Crippen LogP contribution is -2.14. The van der Waals surface area contributed by atoms with E-state index >= 15 is 0 Å². The molecule has 0 aliphatic heterocycles.